The van der Waals surface area contributed by atoms with Crippen molar-refractivity contribution in [3.63, 3.8) is 0 Å². The van der Waals surface area contributed by atoms with E-state index in [9.17, 15) is 19.7 Å². The molecule has 0 aliphatic heterocycles. The molecular weight excluding hydrogens is 367 g/mol. The number of halogens is 2. The van der Waals surface area contributed by atoms with Crippen LogP contribution >= 0.6 is 23.2 Å². The van der Waals surface area contributed by atoms with E-state index in [0.717, 1.165) is 6.07 Å². The molecule has 1 saturated carbocycles. The predicted octanol–water partition coefficient (Wildman–Crippen LogP) is 3.96. The van der Waals surface area contributed by atoms with Gasteiger partial charge >= 0.3 is 0 Å². The molecule has 0 bridgehead atoms. The van der Waals surface area contributed by atoms with Crippen LogP contribution in [0.25, 0.3) is 0 Å². The average molecular weight is 379 g/mol. The number of nitro groups is 1. The summed E-state index contributed by atoms with van der Waals surface area (Å²) in [4.78, 5) is 35.3. The van der Waals surface area contributed by atoms with Gasteiger partial charge in [0.2, 0.25) is 5.91 Å². The number of hydrogen-bond acceptors (Lipinski definition) is 4. The number of non-ortho nitro benzene ring substituents is 1. The Balaban J connectivity index is 1.96. The van der Waals surface area contributed by atoms with E-state index in [0.29, 0.717) is 12.0 Å². The topological polar surface area (TPSA) is 89.3 Å². The van der Waals surface area contributed by atoms with Gasteiger partial charge in [-0.3, -0.25) is 19.7 Å². The van der Waals surface area contributed by atoms with Gasteiger partial charge in [0.15, 0.2) is 5.78 Å². The lowest BCUT2D eigenvalue weighted by Gasteiger charge is -2.11. The number of nitrogens with one attached hydrogen (secondary N) is 1. The first-order valence-electron chi connectivity index (χ1n) is 7.36. The second-order valence-electron chi connectivity index (χ2n) is 5.69. The highest BCUT2D eigenvalue weighted by Gasteiger charge is 2.56. The summed E-state index contributed by atoms with van der Waals surface area (Å²) in [5.41, 5.74) is 0.325. The van der Waals surface area contributed by atoms with Gasteiger partial charge < -0.3 is 5.32 Å². The van der Waals surface area contributed by atoms with Crippen molar-refractivity contribution in [3.05, 3.63) is 69.8 Å². The van der Waals surface area contributed by atoms with Gasteiger partial charge in [-0.25, -0.2) is 0 Å². The summed E-state index contributed by atoms with van der Waals surface area (Å²) >= 11 is 11.8. The van der Waals surface area contributed by atoms with Crippen molar-refractivity contribution >= 4 is 46.3 Å². The molecule has 1 fully saturated rings. The first-order valence-corrected chi connectivity index (χ1v) is 8.12. The van der Waals surface area contributed by atoms with E-state index in [1.807, 2.05) is 0 Å². The molecule has 0 saturated heterocycles. The average Bonchev–Trinajstić information content (AvgIpc) is 3.24. The molecule has 2 aromatic rings. The fourth-order valence-electron chi connectivity index (χ4n) is 2.41. The fourth-order valence-corrected chi connectivity index (χ4v) is 2.91. The van der Waals surface area contributed by atoms with E-state index in [1.54, 1.807) is 30.3 Å². The van der Waals surface area contributed by atoms with Crippen LogP contribution in [0.5, 0.6) is 0 Å². The van der Waals surface area contributed by atoms with Gasteiger partial charge in [0, 0.05) is 17.7 Å². The number of carbonyl (C=O) groups is 2. The molecule has 2 aromatic carbocycles. The lowest BCUT2D eigenvalue weighted by molar-refractivity contribution is -0.384. The van der Waals surface area contributed by atoms with Crippen LogP contribution in [0.15, 0.2) is 48.5 Å². The van der Waals surface area contributed by atoms with Crippen LogP contribution in [0.3, 0.4) is 0 Å². The Kier molecular flexibility index (Phi) is 4.49. The molecule has 1 amide bonds. The molecule has 0 aromatic heterocycles. The third-order valence-corrected chi connectivity index (χ3v) is 4.73. The number of carbonyl (C=O) groups excluding carboxylic acids is 2. The summed E-state index contributed by atoms with van der Waals surface area (Å²) in [6.07, 6.45) is 0.316. The van der Waals surface area contributed by atoms with Gasteiger partial charge in [-0.15, -0.1) is 23.2 Å². The van der Waals surface area contributed by atoms with Crippen molar-refractivity contribution in [1.82, 2.24) is 0 Å². The molecule has 25 heavy (non-hydrogen) atoms. The molecule has 8 heteroatoms. The largest absolute Gasteiger partial charge is 0.325 e. The van der Waals surface area contributed by atoms with Crippen LogP contribution in [-0.4, -0.2) is 20.9 Å². The van der Waals surface area contributed by atoms with E-state index >= 15 is 0 Å². The molecule has 6 nitrogen and oxygen atoms in total. The Morgan fingerprint density at radius 3 is 2.36 bits per heavy atom. The van der Waals surface area contributed by atoms with E-state index in [2.05, 4.69) is 5.32 Å². The predicted molar refractivity (Wildman–Crippen MR) is 94.1 cm³/mol. The van der Waals surface area contributed by atoms with Gasteiger partial charge in [-0.1, -0.05) is 30.3 Å². The van der Waals surface area contributed by atoms with E-state index in [-0.39, 0.29) is 16.9 Å². The summed E-state index contributed by atoms with van der Waals surface area (Å²) in [6.45, 7) is 0. The monoisotopic (exact) mass is 378 g/mol. The highest BCUT2D eigenvalue weighted by atomic mass is 35.5. The van der Waals surface area contributed by atoms with Crippen LogP contribution in [-0.2, 0) is 4.79 Å². The van der Waals surface area contributed by atoms with Gasteiger partial charge in [0.1, 0.15) is 4.33 Å². The third-order valence-electron chi connectivity index (χ3n) is 3.89. The van der Waals surface area contributed by atoms with E-state index in [4.69, 9.17) is 23.2 Å². The summed E-state index contributed by atoms with van der Waals surface area (Å²) < 4.78 is -1.10. The quantitative estimate of drug-likeness (QED) is 0.369. The minimum absolute atomic E-state index is 0.0316. The minimum Gasteiger partial charge on any atom is -0.325 e. The minimum atomic E-state index is -1.10. The van der Waals surface area contributed by atoms with Gasteiger partial charge in [0.25, 0.3) is 5.69 Å². The first kappa shape index (κ1) is 17.4. The number of ketones is 1. The van der Waals surface area contributed by atoms with Gasteiger partial charge in [-0.2, -0.15) is 0 Å². The highest BCUT2D eigenvalue weighted by Crippen LogP contribution is 2.53. The maximum absolute atomic E-state index is 12.7. The van der Waals surface area contributed by atoms with Crippen molar-refractivity contribution < 1.29 is 14.5 Å². The lowest BCUT2D eigenvalue weighted by atomic mass is 10.0. The van der Waals surface area contributed by atoms with Crippen molar-refractivity contribution in [1.29, 1.82) is 0 Å². The standard InChI is InChI=1S/C17H12Cl2N2O4/c18-17(19)9-13(17)16(23)20-14-7-6-11(21(24)25)8-12(14)15(22)10-4-2-1-3-5-10/h1-8,13H,9H2,(H,20,23). The molecule has 1 aliphatic rings. The van der Waals surface area contributed by atoms with Crippen molar-refractivity contribution in [3.8, 4) is 0 Å². The Bertz CT molecular complexity index is 868. The van der Waals surface area contributed by atoms with E-state index in [1.165, 1.54) is 12.1 Å². The normalized spacial score (nSPS) is 17.6. The first-order chi connectivity index (χ1) is 11.8. The van der Waals surface area contributed by atoms with Crippen LogP contribution in [0.1, 0.15) is 22.3 Å². The molecule has 1 aliphatic carbocycles. The number of hydrogen-bond donors (Lipinski definition) is 1. The zero-order valence-corrected chi connectivity index (χ0v) is 14.3. The third kappa shape index (κ3) is 3.65. The molecule has 128 valence electrons. The molecule has 1 atom stereocenters. The van der Waals surface area contributed by atoms with Crippen LogP contribution in [0, 0.1) is 16.0 Å². The van der Waals surface area contributed by atoms with Crippen molar-refractivity contribution in [2.24, 2.45) is 5.92 Å². The van der Waals surface area contributed by atoms with Crippen molar-refractivity contribution in [2.45, 2.75) is 10.8 Å². The molecule has 0 spiro atoms. The summed E-state index contributed by atoms with van der Waals surface area (Å²) in [5, 5.41) is 13.6. The lowest BCUT2D eigenvalue weighted by Crippen LogP contribution is -2.19. The Morgan fingerprint density at radius 2 is 1.80 bits per heavy atom. The smallest absolute Gasteiger partial charge is 0.270 e. The number of nitro benzene ring substituents is 1. The molecule has 0 heterocycles. The van der Waals surface area contributed by atoms with E-state index < -0.39 is 26.9 Å². The molecule has 1 N–H and O–H groups in total. The van der Waals surface area contributed by atoms with Crippen LogP contribution in [0.2, 0.25) is 0 Å². The molecule has 0 radical (unpaired) electrons. The van der Waals surface area contributed by atoms with Crippen molar-refractivity contribution in [2.75, 3.05) is 5.32 Å². The number of anilines is 1. The van der Waals surface area contributed by atoms with Crippen LogP contribution < -0.4 is 5.32 Å². The highest BCUT2D eigenvalue weighted by molar-refractivity contribution is 6.52. The zero-order chi connectivity index (χ0) is 18.2. The summed E-state index contributed by atoms with van der Waals surface area (Å²) in [6, 6.07) is 12.0. The Morgan fingerprint density at radius 1 is 1.16 bits per heavy atom. The molecular formula is C17H12Cl2N2O4. The van der Waals surface area contributed by atoms with Gasteiger partial charge in [-0.05, 0) is 12.5 Å². The summed E-state index contributed by atoms with van der Waals surface area (Å²) in [5.74, 6) is -1.44. The number of rotatable bonds is 5. The van der Waals surface area contributed by atoms with Gasteiger partial charge in [0.05, 0.1) is 22.1 Å². The summed E-state index contributed by atoms with van der Waals surface area (Å²) in [7, 11) is 0. The van der Waals surface area contributed by atoms with Crippen LogP contribution in [0.4, 0.5) is 11.4 Å². The Hall–Kier alpha value is -2.44. The maximum atomic E-state index is 12.7. The fraction of sp³-hybridized carbons (Fsp3) is 0.176. The Labute approximate surface area is 152 Å². The number of benzene rings is 2. The second kappa shape index (κ2) is 6.46. The SMILES string of the molecule is O=C(c1ccccc1)c1cc([N+](=O)[O-])ccc1NC(=O)C1CC1(Cl)Cl. The number of amides is 1. The second-order valence-corrected chi connectivity index (χ2v) is 7.23. The molecule has 3 rings (SSSR count). The zero-order valence-electron chi connectivity index (χ0n) is 12.7. The number of nitrogens with zero attached hydrogens (tertiary/aromatic N) is 1. The maximum Gasteiger partial charge on any atom is 0.270 e. The number of alkyl halides is 2. The molecule has 1 unspecified atom stereocenters.